The Kier molecular flexibility index (Phi) is 4.17. The van der Waals surface area contributed by atoms with Crippen LogP contribution in [0.4, 0.5) is 0 Å². The summed E-state index contributed by atoms with van der Waals surface area (Å²) in [5.41, 5.74) is 0.0607. The number of aliphatic carboxylic acids is 1. The number of piperidine rings is 1. The van der Waals surface area contributed by atoms with E-state index in [-0.39, 0.29) is 28.8 Å². The highest BCUT2D eigenvalue weighted by Gasteiger charge is 2.51. The number of aromatic nitrogens is 1. The first-order valence-electron chi connectivity index (χ1n) is 9.23. The van der Waals surface area contributed by atoms with E-state index >= 15 is 0 Å². The van der Waals surface area contributed by atoms with Crippen LogP contribution < -0.4 is 0 Å². The zero-order valence-corrected chi connectivity index (χ0v) is 14.6. The van der Waals surface area contributed by atoms with Crippen molar-refractivity contribution >= 4 is 17.8 Å². The van der Waals surface area contributed by atoms with Gasteiger partial charge in [-0.2, -0.15) is 0 Å². The summed E-state index contributed by atoms with van der Waals surface area (Å²) in [6.07, 6.45) is 5.48. The van der Waals surface area contributed by atoms with Gasteiger partial charge in [0, 0.05) is 31.7 Å². The lowest BCUT2D eigenvalue weighted by Crippen LogP contribution is -2.45. The van der Waals surface area contributed by atoms with Gasteiger partial charge in [-0.1, -0.05) is 6.07 Å². The fourth-order valence-electron chi connectivity index (χ4n) is 4.28. The maximum Gasteiger partial charge on any atom is 0.326 e. The predicted octanol–water partition coefficient (Wildman–Crippen LogP) is 1.40. The van der Waals surface area contributed by atoms with Gasteiger partial charge < -0.3 is 14.9 Å². The van der Waals surface area contributed by atoms with Gasteiger partial charge >= 0.3 is 5.97 Å². The molecular weight excluding hydrogens is 334 g/mol. The van der Waals surface area contributed by atoms with Gasteiger partial charge in [0.15, 0.2) is 0 Å². The van der Waals surface area contributed by atoms with E-state index in [1.165, 1.54) is 11.1 Å². The lowest BCUT2D eigenvalue weighted by Gasteiger charge is -2.39. The molecule has 7 nitrogen and oxygen atoms in total. The van der Waals surface area contributed by atoms with E-state index in [1.807, 2.05) is 4.90 Å². The van der Waals surface area contributed by atoms with Crippen LogP contribution in [0.25, 0.3) is 0 Å². The van der Waals surface area contributed by atoms with Crippen LogP contribution >= 0.6 is 0 Å². The Labute approximate surface area is 152 Å². The van der Waals surface area contributed by atoms with Crippen LogP contribution in [0, 0.1) is 11.3 Å². The summed E-state index contributed by atoms with van der Waals surface area (Å²) in [5, 5.41) is 9.64. The van der Waals surface area contributed by atoms with Crippen LogP contribution in [0.5, 0.6) is 0 Å². The van der Waals surface area contributed by atoms with Crippen molar-refractivity contribution in [3.63, 3.8) is 0 Å². The van der Waals surface area contributed by atoms with E-state index in [0.29, 0.717) is 26.1 Å². The Morgan fingerprint density at radius 1 is 1.15 bits per heavy atom. The minimum Gasteiger partial charge on any atom is -0.480 e. The minimum atomic E-state index is -0.970. The Balaban J connectivity index is 1.48. The van der Waals surface area contributed by atoms with Crippen LogP contribution in [0.3, 0.4) is 0 Å². The van der Waals surface area contributed by atoms with Gasteiger partial charge in [-0.3, -0.25) is 14.6 Å². The van der Waals surface area contributed by atoms with Crippen LogP contribution in [0.2, 0.25) is 0 Å². The smallest absolute Gasteiger partial charge is 0.326 e. The Morgan fingerprint density at radius 2 is 1.88 bits per heavy atom. The summed E-state index contributed by atoms with van der Waals surface area (Å²) in [6, 6.07) is 4.24. The molecule has 2 amide bonds. The molecule has 138 valence electrons. The van der Waals surface area contributed by atoms with Gasteiger partial charge in [0.05, 0.1) is 0 Å². The molecule has 1 atom stereocenters. The molecule has 1 aromatic heterocycles. The normalized spacial score (nSPS) is 24.7. The lowest BCUT2D eigenvalue weighted by molar-refractivity contribution is -0.141. The van der Waals surface area contributed by atoms with Crippen molar-refractivity contribution in [2.24, 2.45) is 11.3 Å². The van der Waals surface area contributed by atoms with Gasteiger partial charge in [0.2, 0.25) is 5.91 Å². The molecule has 1 aromatic rings. The fraction of sp³-hybridized carbons (Fsp3) is 0.579. The second-order valence-electron chi connectivity index (χ2n) is 7.81. The molecule has 0 aromatic carbocycles. The second-order valence-corrected chi connectivity index (χ2v) is 7.81. The van der Waals surface area contributed by atoms with Crippen molar-refractivity contribution in [3.8, 4) is 0 Å². The molecule has 7 heteroatoms. The topological polar surface area (TPSA) is 90.8 Å². The molecule has 0 bridgehead atoms. The third kappa shape index (κ3) is 3.06. The zero-order chi connectivity index (χ0) is 18.3. The summed E-state index contributed by atoms with van der Waals surface area (Å²) in [4.78, 5) is 44.3. The number of pyridine rings is 1. The lowest BCUT2D eigenvalue weighted by atomic mass is 9.76. The van der Waals surface area contributed by atoms with Crippen LogP contribution in [-0.4, -0.2) is 63.4 Å². The van der Waals surface area contributed by atoms with Crippen LogP contribution in [0.15, 0.2) is 24.4 Å². The first-order valence-corrected chi connectivity index (χ1v) is 9.23. The maximum atomic E-state index is 12.8. The number of carboxylic acid groups (broad SMARTS) is 1. The number of carboxylic acids is 1. The summed E-state index contributed by atoms with van der Waals surface area (Å²) >= 11 is 0. The number of likely N-dealkylation sites (tertiary alicyclic amines) is 2. The third-order valence-electron chi connectivity index (χ3n) is 6.00. The monoisotopic (exact) mass is 357 g/mol. The molecule has 3 heterocycles. The number of hydrogen-bond acceptors (Lipinski definition) is 4. The largest absolute Gasteiger partial charge is 0.480 e. The molecule has 26 heavy (non-hydrogen) atoms. The average Bonchev–Trinajstić information content (AvgIpc) is 3.44. The molecule has 2 aliphatic heterocycles. The Bertz CT molecular complexity index is 724. The average molecular weight is 357 g/mol. The molecule has 0 radical (unpaired) electrons. The second kappa shape index (κ2) is 6.37. The number of carbonyl (C=O) groups is 3. The van der Waals surface area contributed by atoms with Gasteiger partial charge in [0.25, 0.3) is 5.91 Å². The first-order chi connectivity index (χ1) is 12.5. The van der Waals surface area contributed by atoms with E-state index in [1.54, 1.807) is 18.2 Å². The first kappa shape index (κ1) is 17.0. The molecular formula is C19H23N3O4. The van der Waals surface area contributed by atoms with E-state index in [9.17, 15) is 19.5 Å². The van der Waals surface area contributed by atoms with Crippen molar-refractivity contribution in [3.05, 3.63) is 30.1 Å². The van der Waals surface area contributed by atoms with Crippen molar-refractivity contribution in [1.29, 1.82) is 0 Å². The van der Waals surface area contributed by atoms with Crippen molar-refractivity contribution in [2.75, 3.05) is 19.6 Å². The maximum absolute atomic E-state index is 12.8. The summed E-state index contributed by atoms with van der Waals surface area (Å²) in [7, 11) is 0. The van der Waals surface area contributed by atoms with Gasteiger partial charge in [-0.25, -0.2) is 4.79 Å². The van der Waals surface area contributed by atoms with E-state index in [2.05, 4.69) is 4.98 Å². The number of amides is 2. The van der Waals surface area contributed by atoms with Crippen molar-refractivity contribution in [2.45, 2.75) is 38.1 Å². The van der Waals surface area contributed by atoms with Crippen molar-refractivity contribution < 1.29 is 19.5 Å². The Morgan fingerprint density at radius 3 is 2.46 bits per heavy atom. The highest BCUT2D eigenvalue weighted by atomic mass is 16.4. The van der Waals surface area contributed by atoms with Crippen LogP contribution in [-0.2, 0) is 9.59 Å². The van der Waals surface area contributed by atoms with E-state index in [4.69, 9.17) is 0 Å². The molecule has 1 spiro atoms. The standard InChI is InChI=1S/C19H23N3O4/c23-16(13-4-5-13)21-9-6-19(7-10-21)11-15(18(25)26)22(12-19)17(24)14-3-1-2-8-20-14/h1-3,8,13,15H,4-7,9-12H2,(H,25,26). The Hall–Kier alpha value is -2.44. The quantitative estimate of drug-likeness (QED) is 0.883. The summed E-state index contributed by atoms with van der Waals surface area (Å²) in [5.74, 6) is -0.843. The number of carbonyl (C=O) groups excluding carboxylic acids is 2. The third-order valence-corrected chi connectivity index (χ3v) is 6.00. The van der Waals surface area contributed by atoms with Crippen molar-refractivity contribution in [1.82, 2.24) is 14.8 Å². The molecule has 1 N–H and O–H groups in total. The minimum absolute atomic E-state index is 0.210. The summed E-state index contributed by atoms with van der Waals surface area (Å²) in [6.45, 7) is 1.74. The molecule has 2 saturated heterocycles. The summed E-state index contributed by atoms with van der Waals surface area (Å²) < 4.78 is 0. The molecule has 1 unspecified atom stereocenters. The van der Waals surface area contributed by atoms with Gasteiger partial charge in [-0.15, -0.1) is 0 Å². The van der Waals surface area contributed by atoms with Gasteiger partial charge in [-0.05, 0) is 49.7 Å². The highest BCUT2D eigenvalue weighted by molar-refractivity contribution is 5.95. The molecule has 4 rings (SSSR count). The van der Waals surface area contributed by atoms with Crippen LogP contribution in [0.1, 0.15) is 42.6 Å². The van der Waals surface area contributed by atoms with Gasteiger partial charge in [0.1, 0.15) is 11.7 Å². The number of hydrogen-bond donors (Lipinski definition) is 1. The predicted molar refractivity (Wildman–Crippen MR) is 92.3 cm³/mol. The molecule has 1 saturated carbocycles. The van der Waals surface area contributed by atoms with E-state index in [0.717, 1.165) is 25.7 Å². The fourth-order valence-corrected chi connectivity index (χ4v) is 4.28. The highest BCUT2D eigenvalue weighted by Crippen LogP contribution is 2.44. The zero-order valence-electron chi connectivity index (χ0n) is 14.6. The number of rotatable bonds is 3. The SMILES string of the molecule is O=C(O)C1CC2(CCN(C(=O)C3CC3)CC2)CN1C(=O)c1ccccn1. The number of nitrogens with zero attached hydrogens (tertiary/aromatic N) is 3. The molecule has 3 fully saturated rings. The molecule has 3 aliphatic rings. The molecule has 1 aliphatic carbocycles. The van der Waals surface area contributed by atoms with E-state index < -0.39 is 12.0 Å².